The minimum atomic E-state index is -0.649. The van der Waals surface area contributed by atoms with Crippen LogP contribution in [0.2, 0.25) is 5.02 Å². The van der Waals surface area contributed by atoms with E-state index in [0.717, 1.165) is 21.9 Å². The van der Waals surface area contributed by atoms with Crippen LogP contribution in [0.15, 0.2) is 53.3 Å². The highest BCUT2D eigenvalue weighted by Crippen LogP contribution is 2.21. The van der Waals surface area contributed by atoms with Crippen molar-refractivity contribution in [1.82, 2.24) is 9.78 Å². The van der Waals surface area contributed by atoms with Crippen molar-refractivity contribution >= 4 is 23.2 Å². The number of carbonyl (C=O) groups is 1. The Labute approximate surface area is 154 Å². The molecule has 0 saturated heterocycles. The quantitative estimate of drug-likeness (QED) is 0.740. The average Bonchev–Trinajstić information content (AvgIpc) is 2.58. The monoisotopic (exact) mass is 369 g/mol. The highest BCUT2D eigenvalue weighted by molar-refractivity contribution is 6.31. The third-order valence-corrected chi connectivity index (χ3v) is 4.21. The van der Waals surface area contributed by atoms with Gasteiger partial charge in [-0.2, -0.15) is 9.78 Å². The molecule has 0 aliphatic carbocycles. The molecule has 6 nitrogen and oxygen atoms in total. The number of nitrogens with zero attached hydrogens (tertiary/aromatic N) is 2. The van der Waals surface area contributed by atoms with Gasteiger partial charge in [0, 0.05) is 16.8 Å². The van der Waals surface area contributed by atoms with E-state index >= 15 is 0 Å². The van der Waals surface area contributed by atoms with E-state index < -0.39 is 17.2 Å². The fourth-order valence-electron chi connectivity index (χ4n) is 2.41. The maximum absolute atomic E-state index is 12.5. The van der Waals surface area contributed by atoms with Gasteiger partial charge in [0.25, 0.3) is 11.5 Å². The van der Waals surface area contributed by atoms with Crippen LogP contribution in [-0.2, 0) is 0 Å². The zero-order valence-corrected chi connectivity index (χ0v) is 14.9. The van der Waals surface area contributed by atoms with Gasteiger partial charge in [0.15, 0.2) is 11.4 Å². The summed E-state index contributed by atoms with van der Waals surface area (Å²) < 4.78 is 1.07. The van der Waals surface area contributed by atoms with E-state index in [0.29, 0.717) is 16.4 Å². The molecule has 1 aromatic heterocycles. The summed E-state index contributed by atoms with van der Waals surface area (Å²) in [7, 11) is 0. The SMILES string of the molecule is Cc1cccc(-n2nc(C(=O)Nc3ccc(C)c(Cl)c3)c(O)cc2=O)c1. The zero-order valence-electron chi connectivity index (χ0n) is 14.2. The first-order valence-electron chi connectivity index (χ1n) is 7.83. The van der Waals surface area contributed by atoms with E-state index in [1.165, 1.54) is 0 Å². The molecule has 0 saturated carbocycles. The van der Waals surface area contributed by atoms with Crippen LogP contribution in [0.3, 0.4) is 0 Å². The topological polar surface area (TPSA) is 84.2 Å². The Bertz CT molecular complexity index is 1060. The number of hydrogen-bond donors (Lipinski definition) is 2. The number of halogens is 1. The number of aryl methyl sites for hydroxylation is 2. The van der Waals surface area contributed by atoms with Gasteiger partial charge in [-0.25, -0.2) is 0 Å². The fourth-order valence-corrected chi connectivity index (χ4v) is 2.59. The lowest BCUT2D eigenvalue weighted by Crippen LogP contribution is -2.25. The molecule has 0 spiro atoms. The minimum absolute atomic E-state index is 0.261. The van der Waals surface area contributed by atoms with E-state index in [4.69, 9.17) is 11.6 Å². The lowest BCUT2D eigenvalue weighted by Gasteiger charge is -2.10. The molecule has 0 fully saturated rings. The molecule has 0 aliphatic rings. The molecule has 2 aromatic carbocycles. The Kier molecular flexibility index (Phi) is 4.77. The second-order valence-electron chi connectivity index (χ2n) is 5.89. The van der Waals surface area contributed by atoms with Crippen LogP contribution in [0.5, 0.6) is 5.75 Å². The van der Waals surface area contributed by atoms with Crippen LogP contribution in [-0.4, -0.2) is 20.8 Å². The van der Waals surface area contributed by atoms with E-state index in [1.54, 1.807) is 36.4 Å². The van der Waals surface area contributed by atoms with E-state index in [9.17, 15) is 14.7 Å². The van der Waals surface area contributed by atoms with Crippen molar-refractivity contribution in [3.05, 3.63) is 80.7 Å². The molecule has 0 bridgehead atoms. The summed E-state index contributed by atoms with van der Waals surface area (Å²) in [5, 5.41) is 17.1. The maximum Gasteiger partial charge on any atom is 0.279 e. The average molecular weight is 370 g/mol. The first kappa shape index (κ1) is 17.7. The predicted octanol–water partition coefficient (Wildman–Crippen LogP) is 3.46. The van der Waals surface area contributed by atoms with Gasteiger partial charge < -0.3 is 10.4 Å². The van der Waals surface area contributed by atoms with Gasteiger partial charge in [-0.1, -0.05) is 29.8 Å². The van der Waals surface area contributed by atoms with Gasteiger partial charge in [0.05, 0.1) is 5.69 Å². The fraction of sp³-hybridized carbons (Fsp3) is 0.105. The molecular weight excluding hydrogens is 354 g/mol. The van der Waals surface area contributed by atoms with Gasteiger partial charge in [-0.15, -0.1) is 0 Å². The molecule has 3 rings (SSSR count). The van der Waals surface area contributed by atoms with E-state index in [2.05, 4.69) is 10.4 Å². The molecule has 1 amide bonds. The molecule has 2 N–H and O–H groups in total. The van der Waals surface area contributed by atoms with Crippen molar-refractivity contribution in [3.8, 4) is 11.4 Å². The summed E-state index contributed by atoms with van der Waals surface area (Å²) >= 11 is 6.05. The van der Waals surface area contributed by atoms with Crippen LogP contribution < -0.4 is 10.9 Å². The summed E-state index contributed by atoms with van der Waals surface area (Å²) in [6, 6.07) is 13.1. The maximum atomic E-state index is 12.5. The number of aromatic hydroxyl groups is 1. The molecule has 26 heavy (non-hydrogen) atoms. The smallest absolute Gasteiger partial charge is 0.279 e. The molecule has 0 radical (unpaired) electrons. The lowest BCUT2D eigenvalue weighted by molar-refractivity contribution is 0.101. The second-order valence-corrected chi connectivity index (χ2v) is 6.29. The van der Waals surface area contributed by atoms with Gasteiger partial charge in [-0.05, 0) is 49.2 Å². The molecule has 1 heterocycles. The van der Waals surface area contributed by atoms with Gasteiger partial charge in [0.1, 0.15) is 0 Å². The number of nitrogens with one attached hydrogen (secondary N) is 1. The van der Waals surface area contributed by atoms with Crippen LogP contribution in [0.25, 0.3) is 5.69 Å². The lowest BCUT2D eigenvalue weighted by atomic mass is 10.2. The molecule has 7 heteroatoms. The largest absolute Gasteiger partial charge is 0.505 e. The summed E-state index contributed by atoms with van der Waals surface area (Å²) in [6.07, 6.45) is 0. The Hall–Kier alpha value is -3.12. The number of amides is 1. The van der Waals surface area contributed by atoms with Gasteiger partial charge >= 0.3 is 0 Å². The van der Waals surface area contributed by atoms with Crippen LogP contribution in [0.4, 0.5) is 5.69 Å². The molecule has 0 aliphatic heterocycles. The van der Waals surface area contributed by atoms with E-state index in [-0.39, 0.29) is 5.69 Å². The Morgan fingerprint density at radius 2 is 1.92 bits per heavy atom. The number of aromatic nitrogens is 2. The molecule has 0 atom stereocenters. The molecule has 132 valence electrons. The molecular formula is C19H16ClN3O3. The predicted molar refractivity (Wildman–Crippen MR) is 100 cm³/mol. The summed E-state index contributed by atoms with van der Waals surface area (Å²) in [5.41, 5.74) is 1.97. The van der Waals surface area contributed by atoms with Crippen LogP contribution in [0.1, 0.15) is 21.6 Å². The highest BCUT2D eigenvalue weighted by Gasteiger charge is 2.17. The van der Waals surface area contributed by atoms with E-state index in [1.807, 2.05) is 19.9 Å². The summed E-state index contributed by atoms with van der Waals surface area (Å²) in [4.78, 5) is 24.7. The highest BCUT2D eigenvalue weighted by atomic mass is 35.5. The minimum Gasteiger partial charge on any atom is -0.505 e. The number of carbonyl (C=O) groups excluding carboxylic acids is 1. The first-order chi connectivity index (χ1) is 12.3. The van der Waals surface area contributed by atoms with Crippen LogP contribution >= 0.6 is 11.6 Å². The summed E-state index contributed by atoms with van der Waals surface area (Å²) in [5.74, 6) is -1.14. The number of benzene rings is 2. The number of anilines is 1. The van der Waals surface area contributed by atoms with Crippen molar-refractivity contribution in [1.29, 1.82) is 0 Å². The van der Waals surface area contributed by atoms with Gasteiger partial charge in [-0.3, -0.25) is 9.59 Å². The normalized spacial score (nSPS) is 10.6. The first-order valence-corrected chi connectivity index (χ1v) is 8.21. The Balaban J connectivity index is 1.99. The van der Waals surface area contributed by atoms with Gasteiger partial charge in [0.2, 0.25) is 0 Å². The Morgan fingerprint density at radius 3 is 2.62 bits per heavy atom. The van der Waals surface area contributed by atoms with Crippen molar-refractivity contribution in [2.24, 2.45) is 0 Å². The molecule has 0 unspecified atom stereocenters. The molecule has 3 aromatic rings. The Morgan fingerprint density at radius 1 is 1.15 bits per heavy atom. The zero-order chi connectivity index (χ0) is 18.8. The van der Waals surface area contributed by atoms with Crippen molar-refractivity contribution in [2.75, 3.05) is 5.32 Å². The third-order valence-electron chi connectivity index (χ3n) is 3.80. The van der Waals surface area contributed by atoms with Crippen molar-refractivity contribution < 1.29 is 9.90 Å². The van der Waals surface area contributed by atoms with Crippen molar-refractivity contribution in [2.45, 2.75) is 13.8 Å². The van der Waals surface area contributed by atoms with Crippen LogP contribution in [0, 0.1) is 13.8 Å². The third kappa shape index (κ3) is 3.60. The number of rotatable bonds is 3. The second kappa shape index (κ2) is 7.01. The standard InChI is InChI=1S/C19H16ClN3O3/c1-11-4-3-5-14(8-11)23-17(25)10-16(24)18(22-23)19(26)21-13-7-6-12(2)15(20)9-13/h3-10,24H,1-2H3,(H,21,26). The number of hydrogen-bond acceptors (Lipinski definition) is 4. The summed E-state index contributed by atoms with van der Waals surface area (Å²) in [6.45, 7) is 3.72. The van der Waals surface area contributed by atoms with Crippen molar-refractivity contribution in [3.63, 3.8) is 0 Å².